The number of unbranched alkanes of at least 4 members (excludes halogenated alkanes) is 2. The zero-order chi connectivity index (χ0) is 11.0. The molecule has 2 N–H and O–H groups in total. The molecule has 0 amide bonds. The van der Waals surface area contributed by atoms with Gasteiger partial charge in [-0.3, -0.25) is 0 Å². The number of phosphoric acid groups is 1. The van der Waals surface area contributed by atoms with Crippen LogP contribution in [0.15, 0.2) is 0 Å². The van der Waals surface area contributed by atoms with Gasteiger partial charge in [0.15, 0.2) is 0 Å². The summed E-state index contributed by atoms with van der Waals surface area (Å²) in [4.78, 5) is 17.5. The van der Waals surface area contributed by atoms with Crippen molar-refractivity contribution in [3.05, 3.63) is 0 Å². The molecule has 0 aliphatic rings. The van der Waals surface area contributed by atoms with E-state index in [1.807, 2.05) is 0 Å². The third-order valence-electron chi connectivity index (χ3n) is 2.05. The van der Waals surface area contributed by atoms with Gasteiger partial charge < -0.3 is 0 Å². The van der Waals surface area contributed by atoms with Crippen LogP contribution in [0.5, 0.6) is 0 Å². The van der Waals surface area contributed by atoms with Gasteiger partial charge in [-0.15, -0.1) is 0 Å². The van der Waals surface area contributed by atoms with Crippen molar-refractivity contribution in [1.82, 2.24) is 0 Å². The average molecular weight is 331 g/mol. The van der Waals surface area contributed by atoms with Gasteiger partial charge in [0, 0.05) is 0 Å². The fourth-order valence-electron chi connectivity index (χ4n) is 1.31. The van der Waals surface area contributed by atoms with Crippen LogP contribution in [0.2, 0.25) is 8.87 Å². The second-order valence-corrected chi connectivity index (χ2v) is 13.3. The van der Waals surface area contributed by atoms with E-state index in [9.17, 15) is 4.57 Å². The Labute approximate surface area is 93.6 Å². The van der Waals surface area contributed by atoms with Crippen molar-refractivity contribution in [3.8, 4) is 0 Å². The maximum absolute atomic E-state index is 10.7. The van der Waals surface area contributed by atoms with Crippen molar-refractivity contribution in [2.75, 3.05) is 0 Å². The van der Waals surface area contributed by atoms with Crippen LogP contribution in [0.4, 0.5) is 0 Å². The standard InChI is InChI=1S/2C4H9.H3O4P.Sn.H/c2*1-3-4-2;1-5(2,3)4;;/h2*1,3-4H2,2H3;(H3,1,2,3,4);;/q;;;+1;/p-1. The zero-order valence-corrected chi connectivity index (χ0v) is 13.2. The van der Waals surface area contributed by atoms with Crippen molar-refractivity contribution < 1.29 is 17.2 Å². The molecule has 0 saturated carbocycles. The van der Waals surface area contributed by atoms with E-state index >= 15 is 0 Å². The topological polar surface area (TPSA) is 66.8 Å². The number of hydrogen-bond acceptors (Lipinski definition) is 2. The first-order chi connectivity index (χ1) is 6.49. The van der Waals surface area contributed by atoms with Gasteiger partial charge in [0.1, 0.15) is 0 Å². The predicted octanol–water partition coefficient (Wildman–Crippen LogP) is 2.42. The van der Waals surface area contributed by atoms with Crippen LogP contribution in [0.1, 0.15) is 39.5 Å². The summed E-state index contributed by atoms with van der Waals surface area (Å²) >= 11 is -2.36. The maximum atomic E-state index is 10.7. The number of rotatable bonds is 8. The van der Waals surface area contributed by atoms with Gasteiger partial charge in [-0.1, -0.05) is 0 Å². The molecule has 0 aliphatic heterocycles. The first kappa shape index (κ1) is 14.9. The summed E-state index contributed by atoms with van der Waals surface area (Å²) in [5.41, 5.74) is 0. The van der Waals surface area contributed by atoms with E-state index in [-0.39, 0.29) is 0 Å². The van der Waals surface area contributed by atoms with E-state index < -0.39 is 28.0 Å². The Hall–Kier alpha value is 0.909. The first-order valence-electron chi connectivity index (χ1n) is 5.23. The van der Waals surface area contributed by atoms with Crippen LogP contribution in [0.3, 0.4) is 0 Å². The van der Waals surface area contributed by atoms with Crippen LogP contribution in [0.25, 0.3) is 0 Å². The van der Waals surface area contributed by atoms with Crippen molar-refractivity contribution in [2.24, 2.45) is 0 Å². The van der Waals surface area contributed by atoms with Crippen LogP contribution >= 0.6 is 7.82 Å². The molecule has 0 atom stereocenters. The summed E-state index contributed by atoms with van der Waals surface area (Å²) < 4.78 is 17.5. The molecule has 4 nitrogen and oxygen atoms in total. The molecule has 0 aromatic heterocycles. The molecule has 0 rings (SSSR count). The molecule has 86 valence electrons. The summed E-state index contributed by atoms with van der Waals surface area (Å²) in [6, 6.07) is 0. The van der Waals surface area contributed by atoms with Gasteiger partial charge in [-0.2, -0.15) is 0 Å². The van der Waals surface area contributed by atoms with Crippen molar-refractivity contribution in [1.29, 1.82) is 0 Å². The van der Waals surface area contributed by atoms with Gasteiger partial charge in [-0.05, 0) is 0 Å². The summed E-state index contributed by atoms with van der Waals surface area (Å²) in [6.45, 7) is 4.17. The molecule has 0 bridgehead atoms. The second-order valence-electron chi connectivity index (χ2n) is 3.50. The minimum absolute atomic E-state index is 0.948. The molecule has 0 spiro atoms. The van der Waals surface area contributed by atoms with Crippen LogP contribution in [-0.2, 0) is 7.43 Å². The molecular weight excluding hydrogens is 310 g/mol. The van der Waals surface area contributed by atoms with Gasteiger partial charge >= 0.3 is 93.6 Å². The van der Waals surface area contributed by atoms with Gasteiger partial charge in [-0.25, -0.2) is 0 Å². The molecule has 0 fully saturated rings. The quantitative estimate of drug-likeness (QED) is 0.530. The molecule has 0 saturated heterocycles. The molecule has 0 aromatic rings. The Balaban J connectivity index is 3.90. The average Bonchev–Trinajstić information content (AvgIpc) is 2.07. The van der Waals surface area contributed by atoms with E-state index in [2.05, 4.69) is 13.8 Å². The molecule has 0 aliphatic carbocycles. The van der Waals surface area contributed by atoms with Crippen LogP contribution < -0.4 is 0 Å². The summed E-state index contributed by atoms with van der Waals surface area (Å²) in [5.74, 6) is 0. The first-order valence-corrected chi connectivity index (χ1v) is 12.8. The van der Waals surface area contributed by atoms with Crippen molar-refractivity contribution in [3.63, 3.8) is 0 Å². The van der Waals surface area contributed by atoms with E-state index in [1.54, 1.807) is 0 Å². The number of hydrogen-bond donors (Lipinski definition) is 2. The fourth-order valence-corrected chi connectivity index (χ4v) is 12.8. The summed E-state index contributed by atoms with van der Waals surface area (Å²) in [6.07, 6.45) is 4.24. The molecule has 0 aromatic carbocycles. The van der Waals surface area contributed by atoms with E-state index in [0.29, 0.717) is 0 Å². The Morgan fingerprint density at radius 1 is 1.14 bits per heavy atom. The monoisotopic (exact) mass is 332 g/mol. The Kier molecular flexibility index (Phi) is 8.63. The molecule has 0 unspecified atom stereocenters. The molecule has 0 heterocycles. The molecular formula is C8H21O4PSn. The third-order valence-corrected chi connectivity index (χ3v) is 13.5. The van der Waals surface area contributed by atoms with Gasteiger partial charge in [0.25, 0.3) is 0 Å². The normalized spacial score (nSPS) is 12.4. The van der Waals surface area contributed by atoms with Gasteiger partial charge in [0.05, 0.1) is 0 Å². The van der Waals surface area contributed by atoms with Crippen LogP contribution in [-0.4, -0.2) is 30.0 Å². The van der Waals surface area contributed by atoms with Crippen LogP contribution in [0, 0.1) is 0 Å². The van der Waals surface area contributed by atoms with E-state index in [4.69, 9.17) is 12.6 Å². The molecule has 14 heavy (non-hydrogen) atoms. The second kappa shape index (κ2) is 8.11. The summed E-state index contributed by atoms with van der Waals surface area (Å²) in [5, 5.41) is 0. The zero-order valence-electron chi connectivity index (χ0n) is 8.98. The van der Waals surface area contributed by atoms with E-state index in [1.165, 1.54) is 0 Å². The minimum atomic E-state index is -4.21. The summed E-state index contributed by atoms with van der Waals surface area (Å²) in [7, 11) is -4.21. The third kappa shape index (κ3) is 9.46. The van der Waals surface area contributed by atoms with Crippen molar-refractivity contribution >= 4 is 28.0 Å². The fraction of sp³-hybridized carbons (Fsp3) is 1.00. The Morgan fingerprint density at radius 2 is 1.57 bits per heavy atom. The Bertz CT molecular complexity index is 174. The SMILES string of the molecule is CCC[CH2][SnH]([CH2]CCC)[O]P(=O)(O)O. The molecule has 0 radical (unpaired) electrons. The van der Waals surface area contributed by atoms with Gasteiger partial charge in [0.2, 0.25) is 0 Å². The van der Waals surface area contributed by atoms with E-state index in [0.717, 1.165) is 34.6 Å². The predicted molar refractivity (Wildman–Crippen MR) is 59.7 cm³/mol. The van der Waals surface area contributed by atoms with Crippen molar-refractivity contribution in [2.45, 2.75) is 48.4 Å². The Morgan fingerprint density at radius 3 is 1.86 bits per heavy atom. The molecule has 6 heteroatoms.